The van der Waals surface area contributed by atoms with E-state index in [0.29, 0.717) is 6.29 Å². The summed E-state index contributed by atoms with van der Waals surface area (Å²) >= 11 is 0. The lowest BCUT2D eigenvalue weighted by atomic mass is 9.98. The number of phosphoric ester groups is 1. The van der Waals surface area contributed by atoms with Gasteiger partial charge in [0.1, 0.15) is 11.5 Å². The fraction of sp³-hybridized carbons (Fsp3) is 0.526. The Morgan fingerprint density at radius 3 is 1.83 bits per heavy atom. The van der Waals surface area contributed by atoms with Crippen LogP contribution in [0.15, 0.2) is 18.2 Å². The van der Waals surface area contributed by atoms with Crippen molar-refractivity contribution in [3.05, 3.63) is 23.8 Å². The quantitative estimate of drug-likeness (QED) is 0.258. The van der Waals surface area contributed by atoms with Crippen LogP contribution in [0.5, 0.6) is 11.5 Å². The van der Waals surface area contributed by atoms with Crippen molar-refractivity contribution in [1.29, 1.82) is 0 Å². The van der Waals surface area contributed by atoms with Gasteiger partial charge in [-0.15, -0.1) is 0 Å². The molecule has 0 atom stereocenters. The van der Waals surface area contributed by atoms with Crippen LogP contribution in [0.1, 0.15) is 51.9 Å². The van der Waals surface area contributed by atoms with Crippen LogP contribution in [-0.2, 0) is 32.7 Å². The van der Waals surface area contributed by atoms with E-state index in [1.165, 1.54) is 6.07 Å². The third kappa shape index (κ3) is 8.14. The van der Waals surface area contributed by atoms with Gasteiger partial charge in [-0.05, 0) is 59.7 Å². The van der Waals surface area contributed by atoms with Crippen molar-refractivity contribution >= 4 is 26.0 Å². The first kappa shape index (κ1) is 25.6. The molecule has 0 aliphatic heterocycles. The molecule has 0 heterocycles. The average Bonchev–Trinajstić information content (AvgIpc) is 2.61. The van der Waals surface area contributed by atoms with Crippen molar-refractivity contribution in [2.45, 2.75) is 41.5 Å². The van der Waals surface area contributed by atoms with Crippen LogP contribution in [-0.4, -0.2) is 36.9 Å². The lowest BCUT2D eigenvalue weighted by Gasteiger charge is -2.21. The van der Waals surface area contributed by atoms with Gasteiger partial charge < -0.3 is 19.1 Å². The van der Waals surface area contributed by atoms with E-state index in [1.807, 2.05) is 0 Å². The lowest BCUT2D eigenvalue weighted by molar-refractivity contribution is -0.162. The first-order valence-corrected chi connectivity index (χ1v) is 10.4. The minimum Gasteiger partial charge on any atom is -0.507 e. The highest BCUT2D eigenvalue weighted by Gasteiger charge is 2.33. The molecule has 168 valence electrons. The molecule has 0 spiro atoms. The zero-order valence-corrected chi connectivity index (χ0v) is 18.7. The van der Waals surface area contributed by atoms with Gasteiger partial charge in [-0.2, -0.15) is 0 Å². The second-order valence-electron chi connectivity index (χ2n) is 8.23. The summed E-state index contributed by atoms with van der Waals surface area (Å²) in [7, 11) is -4.46. The minimum absolute atomic E-state index is 0.127. The van der Waals surface area contributed by atoms with Gasteiger partial charge in [-0.3, -0.25) is 14.4 Å². The Morgan fingerprint density at radius 2 is 1.43 bits per heavy atom. The summed E-state index contributed by atoms with van der Waals surface area (Å²) in [6, 6.07) is 3.46. The maximum atomic E-state index is 12.9. The van der Waals surface area contributed by atoms with E-state index in [2.05, 4.69) is 0 Å². The van der Waals surface area contributed by atoms with Crippen LogP contribution >= 0.6 is 7.82 Å². The van der Waals surface area contributed by atoms with E-state index in [4.69, 9.17) is 23.0 Å². The third-order valence-corrected chi connectivity index (χ3v) is 4.65. The largest absolute Gasteiger partial charge is 0.535 e. The molecular formula is C19H27O10P. The van der Waals surface area contributed by atoms with Crippen LogP contribution in [0.25, 0.3) is 0 Å². The molecule has 0 bridgehead atoms. The van der Waals surface area contributed by atoms with E-state index in [9.17, 15) is 24.1 Å². The van der Waals surface area contributed by atoms with Gasteiger partial charge in [0.2, 0.25) is 13.6 Å². The van der Waals surface area contributed by atoms with Crippen molar-refractivity contribution in [2.75, 3.05) is 13.6 Å². The summed E-state index contributed by atoms with van der Waals surface area (Å²) in [5, 5.41) is 9.56. The molecule has 0 radical (unpaired) electrons. The number of carbonyl (C=O) groups excluding carboxylic acids is 3. The smallest absolute Gasteiger partial charge is 0.507 e. The highest BCUT2D eigenvalue weighted by molar-refractivity contribution is 7.48. The van der Waals surface area contributed by atoms with Crippen LogP contribution in [0.2, 0.25) is 0 Å². The number of ether oxygens (including phenoxy) is 2. The molecular weight excluding hydrogens is 419 g/mol. The Hall–Kier alpha value is -2.42. The van der Waals surface area contributed by atoms with Crippen molar-refractivity contribution in [2.24, 2.45) is 10.8 Å². The van der Waals surface area contributed by atoms with E-state index in [0.717, 1.165) is 12.1 Å². The van der Waals surface area contributed by atoms with Crippen LogP contribution < -0.4 is 4.52 Å². The zero-order chi connectivity index (χ0) is 23.2. The molecule has 30 heavy (non-hydrogen) atoms. The second kappa shape index (κ2) is 10.1. The van der Waals surface area contributed by atoms with Gasteiger partial charge in [0.25, 0.3) is 0 Å². The third-order valence-electron chi connectivity index (χ3n) is 3.37. The molecule has 0 saturated carbocycles. The number of phenols is 1. The maximum Gasteiger partial charge on any atom is 0.535 e. The Labute approximate surface area is 175 Å². The SMILES string of the molecule is CC(C)(C)C(=O)OCOP(=O)(OCOC(=O)C(C)(C)C)Oc1ccc(O)c(C=O)c1. The van der Waals surface area contributed by atoms with Crippen LogP contribution in [0.3, 0.4) is 0 Å². The normalized spacial score (nSPS) is 12.2. The number of phosphoric acid groups is 1. The summed E-state index contributed by atoms with van der Waals surface area (Å²) in [6.07, 6.45) is 0.366. The topological polar surface area (TPSA) is 135 Å². The van der Waals surface area contributed by atoms with Crippen molar-refractivity contribution in [3.8, 4) is 11.5 Å². The Morgan fingerprint density at radius 1 is 0.967 bits per heavy atom. The molecule has 0 aliphatic rings. The van der Waals surface area contributed by atoms with Gasteiger partial charge in [0.05, 0.1) is 16.4 Å². The molecule has 0 amide bonds. The molecule has 1 N–H and O–H groups in total. The Kier molecular flexibility index (Phi) is 8.59. The zero-order valence-electron chi connectivity index (χ0n) is 17.8. The van der Waals surface area contributed by atoms with Gasteiger partial charge in [-0.25, -0.2) is 13.6 Å². The fourth-order valence-corrected chi connectivity index (χ4v) is 2.54. The average molecular weight is 446 g/mol. The van der Waals surface area contributed by atoms with Crippen LogP contribution in [0, 0.1) is 10.8 Å². The van der Waals surface area contributed by atoms with Gasteiger partial charge >= 0.3 is 19.8 Å². The summed E-state index contributed by atoms with van der Waals surface area (Å²) in [6.45, 7) is 8.17. The Bertz CT molecular complexity index is 784. The molecule has 0 saturated heterocycles. The van der Waals surface area contributed by atoms with Crippen molar-refractivity contribution in [3.63, 3.8) is 0 Å². The summed E-state index contributed by atoms with van der Waals surface area (Å²) in [4.78, 5) is 34.6. The summed E-state index contributed by atoms with van der Waals surface area (Å²) in [5.74, 6) is -1.70. The molecule has 1 aromatic rings. The number of aldehydes is 1. The molecule has 11 heteroatoms. The minimum atomic E-state index is -4.46. The molecule has 0 aliphatic carbocycles. The van der Waals surface area contributed by atoms with E-state index < -0.39 is 44.2 Å². The number of hydrogen-bond donors (Lipinski definition) is 1. The first-order chi connectivity index (χ1) is 13.7. The molecule has 1 aromatic carbocycles. The van der Waals surface area contributed by atoms with E-state index in [1.54, 1.807) is 41.5 Å². The second-order valence-corrected chi connectivity index (χ2v) is 9.83. The maximum absolute atomic E-state index is 12.9. The Balaban J connectivity index is 2.91. The van der Waals surface area contributed by atoms with Gasteiger partial charge in [0, 0.05) is 0 Å². The number of aromatic hydroxyl groups is 1. The van der Waals surface area contributed by atoms with Crippen molar-refractivity contribution < 1.29 is 47.1 Å². The number of benzene rings is 1. The molecule has 1 rings (SSSR count). The molecule has 0 fully saturated rings. The van der Waals surface area contributed by atoms with Crippen LogP contribution in [0.4, 0.5) is 0 Å². The number of carbonyl (C=O) groups is 3. The van der Waals surface area contributed by atoms with E-state index in [-0.39, 0.29) is 17.1 Å². The number of hydrogen-bond acceptors (Lipinski definition) is 10. The van der Waals surface area contributed by atoms with Gasteiger partial charge in [0.15, 0.2) is 6.29 Å². The number of phenolic OH excluding ortho intramolecular Hbond substituents is 1. The summed E-state index contributed by atoms with van der Waals surface area (Å²) in [5.41, 5.74) is -1.78. The standard InChI is InChI=1S/C19H27O10P/c1-18(2,3)16(22)25-11-27-30(24,28-12-26-17(23)19(4,5)6)29-14-7-8-15(21)13(9-14)10-20/h7-10,21H,11-12H2,1-6H3. The van der Waals surface area contributed by atoms with E-state index >= 15 is 0 Å². The molecule has 0 unspecified atom stereocenters. The summed E-state index contributed by atoms with van der Waals surface area (Å²) < 4.78 is 37.9. The highest BCUT2D eigenvalue weighted by Crippen LogP contribution is 2.50. The highest BCUT2D eigenvalue weighted by atomic mass is 31.2. The fourth-order valence-electron chi connectivity index (χ4n) is 1.62. The first-order valence-electron chi connectivity index (χ1n) is 8.89. The molecule has 0 aromatic heterocycles. The predicted molar refractivity (Wildman–Crippen MR) is 105 cm³/mol. The monoisotopic (exact) mass is 446 g/mol. The lowest BCUT2D eigenvalue weighted by Crippen LogP contribution is -2.25. The van der Waals surface area contributed by atoms with Gasteiger partial charge in [-0.1, -0.05) is 0 Å². The number of rotatable bonds is 9. The van der Waals surface area contributed by atoms with Crippen molar-refractivity contribution in [1.82, 2.24) is 0 Å². The molecule has 10 nitrogen and oxygen atoms in total. The predicted octanol–water partition coefficient (Wildman–Crippen LogP) is 3.82. The number of esters is 2.